The van der Waals surface area contributed by atoms with Gasteiger partial charge in [-0.15, -0.1) is 0 Å². The molecular formula is C41H31OPSi. The van der Waals surface area contributed by atoms with Crippen LogP contribution in [0.5, 0.6) is 0 Å². The Balaban J connectivity index is 1.43. The first-order valence-electron chi connectivity index (χ1n) is 15.4. The fourth-order valence-corrected chi connectivity index (χ4v) is 11.7. The van der Waals surface area contributed by atoms with E-state index in [9.17, 15) is 0 Å². The minimum absolute atomic E-state index is 0.893. The Kier molecular flexibility index (Phi) is 5.32. The first-order chi connectivity index (χ1) is 21.3. The predicted molar refractivity (Wildman–Crippen MR) is 196 cm³/mol. The van der Waals surface area contributed by atoms with Gasteiger partial charge in [0.25, 0.3) is 0 Å². The van der Waals surface area contributed by atoms with E-state index in [1.807, 2.05) is 0 Å². The highest BCUT2D eigenvalue weighted by Gasteiger charge is 2.34. The van der Waals surface area contributed by atoms with Crippen LogP contribution < -0.4 is 21.1 Å². The van der Waals surface area contributed by atoms with Crippen molar-refractivity contribution in [2.45, 2.75) is 19.6 Å². The molecule has 0 aliphatic carbocycles. The fourth-order valence-electron chi connectivity index (χ4n) is 7.57. The first kappa shape index (κ1) is 26.0. The molecule has 9 aromatic rings. The van der Waals surface area contributed by atoms with Crippen LogP contribution in [0.15, 0.2) is 133 Å². The van der Waals surface area contributed by atoms with Gasteiger partial charge in [-0.25, -0.2) is 0 Å². The van der Waals surface area contributed by atoms with Crippen molar-refractivity contribution in [3.63, 3.8) is 0 Å². The maximum Gasteiger partial charge on any atom is 0.172 e. The van der Waals surface area contributed by atoms with Crippen LogP contribution in [-0.4, -0.2) is 8.07 Å². The van der Waals surface area contributed by atoms with Gasteiger partial charge in [0.05, 0.1) is 8.07 Å². The zero-order valence-corrected chi connectivity index (χ0v) is 27.0. The van der Waals surface area contributed by atoms with Crippen LogP contribution in [0.3, 0.4) is 0 Å². The minimum atomic E-state index is -3.35. The molecule has 0 saturated heterocycles. The van der Waals surface area contributed by atoms with Gasteiger partial charge in [-0.3, -0.25) is 0 Å². The van der Waals surface area contributed by atoms with Crippen LogP contribution in [0, 0.1) is 0 Å². The van der Waals surface area contributed by atoms with Gasteiger partial charge >= 0.3 is 0 Å². The molecule has 0 heterocycles. The number of hydrogen-bond donors (Lipinski definition) is 0. The van der Waals surface area contributed by atoms with E-state index in [0.717, 1.165) is 26.7 Å². The van der Waals surface area contributed by atoms with Crippen LogP contribution in [0.1, 0.15) is 0 Å². The number of benzene rings is 9. The highest BCUT2D eigenvalue weighted by Crippen LogP contribution is 2.49. The average Bonchev–Trinajstić information content (AvgIpc) is 3.05. The molecule has 0 radical (unpaired) electrons. The smallest absolute Gasteiger partial charge is 0.172 e. The van der Waals surface area contributed by atoms with Crippen molar-refractivity contribution in [1.29, 1.82) is 0 Å². The van der Waals surface area contributed by atoms with Gasteiger partial charge in [0.2, 0.25) is 0 Å². The summed E-state index contributed by atoms with van der Waals surface area (Å²) in [4.78, 5) is 0. The standard InChI is InChI=1S/C41H31OPSi/c1-44(2,3)33-20-18-32(19-21-33)43(42,36-24-16-30-12-10-26-6-4-8-28-14-22-34(36)40(30)38(26)28)37-25-17-31-13-11-27-7-5-9-29-15-23-35(37)41(31)39(27)29/h4-25H,1-3H3. The predicted octanol–water partition coefficient (Wildman–Crippen LogP) is 9.67. The van der Waals surface area contributed by atoms with Crippen molar-refractivity contribution < 1.29 is 4.57 Å². The third-order valence-corrected chi connectivity index (χ3v) is 15.0. The third kappa shape index (κ3) is 3.50. The molecule has 0 aliphatic rings. The monoisotopic (exact) mass is 598 g/mol. The topological polar surface area (TPSA) is 17.1 Å². The number of rotatable bonds is 4. The average molecular weight is 599 g/mol. The molecule has 210 valence electrons. The van der Waals surface area contributed by atoms with Gasteiger partial charge in [-0.05, 0) is 76.8 Å². The molecule has 9 aromatic carbocycles. The lowest BCUT2D eigenvalue weighted by molar-refractivity contribution is 0.593. The summed E-state index contributed by atoms with van der Waals surface area (Å²) >= 11 is 0. The molecule has 0 saturated carbocycles. The van der Waals surface area contributed by atoms with E-state index < -0.39 is 15.2 Å². The fraction of sp³-hybridized carbons (Fsp3) is 0.0732. The molecule has 0 spiro atoms. The second kappa shape index (κ2) is 9.02. The van der Waals surface area contributed by atoms with Crippen LogP contribution in [0.2, 0.25) is 19.6 Å². The zero-order valence-electron chi connectivity index (χ0n) is 25.1. The molecular weight excluding hydrogens is 568 g/mol. The minimum Gasteiger partial charge on any atom is -0.309 e. The summed E-state index contributed by atoms with van der Waals surface area (Å²) in [5.74, 6) is 0. The van der Waals surface area contributed by atoms with Crippen molar-refractivity contribution in [2.75, 3.05) is 0 Å². The lowest BCUT2D eigenvalue weighted by atomic mass is 9.94. The molecule has 0 unspecified atom stereocenters. The quantitative estimate of drug-likeness (QED) is 0.112. The van der Waals surface area contributed by atoms with E-state index in [1.54, 1.807) is 0 Å². The second-order valence-corrected chi connectivity index (χ2v) is 21.1. The summed E-state index contributed by atoms with van der Waals surface area (Å²) in [6, 6.07) is 48.1. The Morgan fingerprint density at radius 2 is 0.773 bits per heavy atom. The second-order valence-electron chi connectivity index (χ2n) is 13.3. The lowest BCUT2D eigenvalue weighted by Gasteiger charge is -2.26. The van der Waals surface area contributed by atoms with E-state index in [-0.39, 0.29) is 0 Å². The van der Waals surface area contributed by atoms with Crippen molar-refractivity contribution in [1.82, 2.24) is 0 Å². The Hall–Kier alpha value is -4.49. The molecule has 1 nitrogen and oxygen atoms in total. The Labute approximate surface area is 257 Å². The Morgan fingerprint density at radius 1 is 0.409 bits per heavy atom. The first-order valence-corrected chi connectivity index (χ1v) is 20.6. The Morgan fingerprint density at radius 3 is 1.18 bits per heavy atom. The van der Waals surface area contributed by atoms with Gasteiger partial charge in [0, 0.05) is 15.9 Å². The molecule has 9 rings (SSSR count). The number of hydrogen-bond acceptors (Lipinski definition) is 1. The van der Waals surface area contributed by atoms with Crippen molar-refractivity contribution in [2.24, 2.45) is 0 Å². The maximum atomic E-state index is 16.5. The van der Waals surface area contributed by atoms with Crippen LogP contribution in [0.4, 0.5) is 0 Å². The molecule has 0 aliphatic heterocycles. The maximum absolute atomic E-state index is 16.5. The van der Waals surface area contributed by atoms with Crippen LogP contribution in [0.25, 0.3) is 64.6 Å². The molecule has 0 aromatic heterocycles. The molecule has 0 N–H and O–H groups in total. The largest absolute Gasteiger partial charge is 0.309 e. The van der Waals surface area contributed by atoms with Gasteiger partial charge in [0.1, 0.15) is 0 Å². The zero-order chi connectivity index (χ0) is 29.8. The van der Waals surface area contributed by atoms with Crippen molar-refractivity contribution in [3.8, 4) is 0 Å². The highest BCUT2D eigenvalue weighted by molar-refractivity contribution is 7.86. The van der Waals surface area contributed by atoms with E-state index in [2.05, 4.69) is 153 Å². The van der Waals surface area contributed by atoms with Gasteiger partial charge in [-0.1, -0.05) is 146 Å². The lowest BCUT2D eigenvalue weighted by Crippen LogP contribution is -2.38. The molecule has 0 bridgehead atoms. The summed E-state index contributed by atoms with van der Waals surface area (Å²) in [7, 11) is -4.89. The van der Waals surface area contributed by atoms with Gasteiger partial charge in [0.15, 0.2) is 7.14 Å². The van der Waals surface area contributed by atoms with E-state index in [4.69, 9.17) is 0 Å². The van der Waals surface area contributed by atoms with E-state index >= 15 is 4.57 Å². The van der Waals surface area contributed by atoms with Crippen LogP contribution in [-0.2, 0) is 4.57 Å². The Bertz CT molecular complexity index is 2430. The summed E-state index contributed by atoms with van der Waals surface area (Å²) in [5, 5.41) is 18.4. The third-order valence-electron chi connectivity index (χ3n) is 9.79. The SMILES string of the molecule is C[Si](C)(C)c1ccc(P(=O)(c2ccc3ccc4cccc5ccc2c3c45)c2ccc3ccc4cccc5ccc2c3c45)cc1. The summed E-state index contributed by atoms with van der Waals surface area (Å²) in [5.41, 5.74) is 0. The molecule has 0 fully saturated rings. The highest BCUT2D eigenvalue weighted by atomic mass is 31.2. The van der Waals surface area contributed by atoms with Gasteiger partial charge in [-0.2, -0.15) is 0 Å². The van der Waals surface area contributed by atoms with Gasteiger partial charge < -0.3 is 4.57 Å². The normalized spacial score (nSPS) is 13.0. The van der Waals surface area contributed by atoms with Crippen molar-refractivity contribution >= 4 is 101 Å². The molecule has 0 atom stereocenters. The molecule has 44 heavy (non-hydrogen) atoms. The molecule has 0 amide bonds. The van der Waals surface area contributed by atoms with E-state index in [1.165, 1.54) is 59.0 Å². The summed E-state index contributed by atoms with van der Waals surface area (Å²) in [6.45, 7) is 7.09. The van der Waals surface area contributed by atoms with Crippen molar-refractivity contribution in [3.05, 3.63) is 133 Å². The van der Waals surface area contributed by atoms with Crippen LogP contribution >= 0.6 is 7.14 Å². The summed E-state index contributed by atoms with van der Waals surface area (Å²) < 4.78 is 16.5. The molecule has 3 heteroatoms. The van der Waals surface area contributed by atoms with E-state index in [0.29, 0.717) is 0 Å². The summed E-state index contributed by atoms with van der Waals surface area (Å²) in [6.07, 6.45) is 0.